The summed E-state index contributed by atoms with van der Waals surface area (Å²) in [4.78, 5) is 0.215. The topological polar surface area (TPSA) is 64.0 Å². The van der Waals surface area contributed by atoms with E-state index in [9.17, 15) is 21.6 Å². The molecule has 0 atom stereocenters. The van der Waals surface area contributed by atoms with Gasteiger partial charge in [0.25, 0.3) is 0 Å². The van der Waals surface area contributed by atoms with Crippen LogP contribution in [0.3, 0.4) is 0 Å². The van der Waals surface area contributed by atoms with Crippen molar-refractivity contribution in [1.29, 1.82) is 0 Å². The van der Waals surface area contributed by atoms with Crippen LogP contribution in [0.25, 0.3) is 0 Å². The van der Waals surface area contributed by atoms with E-state index in [1.807, 2.05) is 6.92 Å². The molecule has 1 aliphatic rings. The second kappa shape index (κ2) is 6.94. The van der Waals surface area contributed by atoms with Gasteiger partial charge in [0, 0.05) is 18.2 Å². The number of alkyl halides is 3. The molecule has 9 heteroatoms. The summed E-state index contributed by atoms with van der Waals surface area (Å²) in [6.07, 6.45) is -2.85. The number of hydrogen-bond donors (Lipinski definition) is 1. The zero-order valence-electron chi connectivity index (χ0n) is 15.4. The first-order valence-electron chi connectivity index (χ1n) is 8.71. The van der Waals surface area contributed by atoms with Crippen molar-refractivity contribution >= 4 is 10.0 Å². The molecule has 0 unspecified atom stereocenters. The van der Waals surface area contributed by atoms with E-state index in [4.69, 9.17) is 0 Å². The standard InChI is InChI=1S/C18H22F3N3O2S/c1-11-8-12(2)17(13(3)9-11)27(25,26)22-6-7-24-15(14-4-5-14)10-16(23-24)18(19,20)21/h8-10,14,22H,4-7H2,1-3H3. The third-order valence-electron chi connectivity index (χ3n) is 4.59. The lowest BCUT2D eigenvalue weighted by atomic mass is 10.1. The smallest absolute Gasteiger partial charge is 0.267 e. The fourth-order valence-electron chi connectivity index (χ4n) is 3.41. The molecule has 1 N–H and O–H groups in total. The van der Waals surface area contributed by atoms with Crippen LogP contribution in [0.15, 0.2) is 23.1 Å². The predicted octanol–water partition coefficient (Wildman–Crippen LogP) is 3.68. The molecule has 1 saturated carbocycles. The lowest BCUT2D eigenvalue weighted by Crippen LogP contribution is -2.29. The largest absolute Gasteiger partial charge is 0.435 e. The zero-order valence-corrected chi connectivity index (χ0v) is 16.2. The number of rotatable bonds is 6. The molecule has 5 nitrogen and oxygen atoms in total. The minimum atomic E-state index is -4.51. The molecule has 1 aliphatic carbocycles. The monoisotopic (exact) mass is 401 g/mol. The Bertz CT molecular complexity index is 938. The van der Waals surface area contributed by atoms with Gasteiger partial charge in [-0.05, 0) is 50.8 Å². The molecule has 148 valence electrons. The van der Waals surface area contributed by atoms with Crippen molar-refractivity contribution in [3.05, 3.63) is 46.3 Å². The summed E-state index contributed by atoms with van der Waals surface area (Å²) in [5, 5.41) is 3.64. The Kier molecular flexibility index (Phi) is 5.11. The molecule has 0 radical (unpaired) electrons. The van der Waals surface area contributed by atoms with E-state index in [-0.39, 0.29) is 23.9 Å². The lowest BCUT2D eigenvalue weighted by molar-refractivity contribution is -0.141. The van der Waals surface area contributed by atoms with Crippen LogP contribution in [-0.4, -0.2) is 24.7 Å². The molecule has 0 saturated heterocycles. The van der Waals surface area contributed by atoms with E-state index >= 15 is 0 Å². The highest BCUT2D eigenvalue weighted by Gasteiger charge is 2.37. The summed E-state index contributed by atoms with van der Waals surface area (Å²) in [5.74, 6) is 0.0757. The van der Waals surface area contributed by atoms with Crippen LogP contribution in [0, 0.1) is 20.8 Å². The average Bonchev–Trinajstić information content (AvgIpc) is 3.25. The van der Waals surface area contributed by atoms with E-state index in [0.717, 1.165) is 24.5 Å². The highest BCUT2D eigenvalue weighted by atomic mass is 32.2. The minimum absolute atomic E-state index is 0.0339. The quantitative estimate of drug-likeness (QED) is 0.803. The lowest BCUT2D eigenvalue weighted by Gasteiger charge is -2.14. The Morgan fingerprint density at radius 2 is 1.74 bits per heavy atom. The Balaban J connectivity index is 1.76. The summed E-state index contributed by atoms with van der Waals surface area (Å²) in [7, 11) is -3.76. The van der Waals surface area contributed by atoms with Crippen molar-refractivity contribution in [1.82, 2.24) is 14.5 Å². The van der Waals surface area contributed by atoms with Crippen LogP contribution in [0.5, 0.6) is 0 Å². The van der Waals surface area contributed by atoms with Crippen LogP contribution in [0.2, 0.25) is 0 Å². The summed E-state index contributed by atoms with van der Waals surface area (Å²) < 4.78 is 67.9. The molecule has 1 heterocycles. The first kappa shape index (κ1) is 19.9. The fourth-order valence-corrected chi connectivity index (χ4v) is 4.88. The first-order chi connectivity index (χ1) is 12.5. The first-order valence-corrected chi connectivity index (χ1v) is 10.2. The van der Waals surface area contributed by atoms with Crippen LogP contribution < -0.4 is 4.72 Å². The van der Waals surface area contributed by atoms with E-state index in [2.05, 4.69) is 9.82 Å². The van der Waals surface area contributed by atoms with Gasteiger partial charge in [0.15, 0.2) is 5.69 Å². The zero-order chi connectivity index (χ0) is 20.0. The Morgan fingerprint density at radius 1 is 1.15 bits per heavy atom. The second-order valence-corrected chi connectivity index (χ2v) is 8.78. The predicted molar refractivity (Wildman–Crippen MR) is 95.0 cm³/mol. The SMILES string of the molecule is Cc1cc(C)c(S(=O)(=O)NCCn2nc(C(F)(F)F)cc2C2CC2)c(C)c1. The maximum atomic E-state index is 12.9. The van der Waals surface area contributed by atoms with Gasteiger partial charge in [-0.15, -0.1) is 0 Å². The minimum Gasteiger partial charge on any atom is -0.267 e. The summed E-state index contributed by atoms with van der Waals surface area (Å²) in [6, 6.07) is 4.65. The molecule has 0 amide bonds. The Morgan fingerprint density at radius 3 is 2.26 bits per heavy atom. The van der Waals surface area contributed by atoms with E-state index in [0.29, 0.717) is 16.8 Å². The molecule has 1 aromatic carbocycles. The van der Waals surface area contributed by atoms with Crippen LogP contribution in [0.4, 0.5) is 13.2 Å². The van der Waals surface area contributed by atoms with Gasteiger partial charge in [0.1, 0.15) is 0 Å². The van der Waals surface area contributed by atoms with Gasteiger partial charge in [-0.1, -0.05) is 17.7 Å². The molecule has 0 spiro atoms. The van der Waals surface area contributed by atoms with E-state index < -0.39 is 21.9 Å². The second-order valence-electron chi connectivity index (χ2n) is 7.08. The van der Waals surface area contributed by atoms with Gasteiger partial charge in [0.05, 0.1) is 11.4 Å². The van der Waals surface area contributed by atoms with Crippen LogP contribution in [-0.2, 0) is 22.7 Å². The molecule has 0 bridgehead atoms. The van der Waals surface area contributed by atoms with Crippen molar-refractivity contribution in [3.8, 4) is 0 Å². The Hall–Kier alpha value is -1.87. The molecule has 1 aromatic heterocycles. The highest BCUT2D eigenvalue weighted by molar-refractivity contribution is 7.89. The van der Waals surface area contributed by atoms with E-state index in [1.54, 1.807) is 26.0 Å². The number of aryl methyl sites for hydroxylation is 3. The molecule has 27 heavy (non-hydrogen) atoms. The maximum Gasteiger partial charge on any atom is 0.435 e. The number of halogens is 3. The number of hydrogen-bond acceptors (Lipinski definition) is 3. The fraction of sp³-hybridized carbons (Fsp3) is 0.500. The number of sulfonamides is 1. The molecule has 1 fully saturated rings. The third-order valence-corrected chi connectivity index (χ3v) is 6.35. The number of nitrogens with one attached hydrogen (secondary N) is 1. The molecular formula is C18H22F3N3O2S. The van der Waals surface area contributed by atoms with Gasteiger partial charge in [-0.3, -0.25) is 4.68 Å². The van der Waals surface area contributed by atoms with E-state index in [1.165, 1.54) is 4.68 Å². The highest BCUT2D eigenvalue weighted by Crippen LogP contribution is 2.42. The van der Waals surface area contributed by atoms with Crippen molar-refractivity contribution < 1.29 is 21.6 Å². The van der Waals surface area contributed by atoms with Gasteiger partial charge >= 0.3 is 6.18 Å². The molecular weight excluding hydrogens is 379 g/mol. The van der Waals surface area contributed by atoms with Gasteiger partial charge in [0.2, 0.25) is 10.0 Å². The normalized spacial score (nSPS) is 15.3. The number of benzene rings is 1. The van der Waals surface area contributed by atoms with Crippen LogP contribution in [0.1, 0.15) is 46.8 Å². The average molecular weight is 401 g/mol. The van der Waals surface area contributed by atoms with Crippen LogP contribution >= 0.6 is 0 Å². The summed E-state index contributed by atoms with van der Waals surface area (Å²) in [5.41, 5.74) is 1.82. The van der Waals surface area contributed by atoms with Gasteiger partial charge < -0.3 is 0 Å². The summed E-state index contributed by atoms with van der Waals surface area (Å²) >= 11 is 0. The number of aromatic nitrogens is 2. The summed E-state index contributed by atoms with van der Waals surface area (Å²) in [6.45, 7) is 5.35. The van der Waals surface area contributed by atoms with Gasteiger partial charge in [-0.25, -0.2) is 13.1 Å². The molecule has 2 aromatic rings. The van der Waals surface area contributed by atoms with Crippen molar-refractivity contribution in [2.45, 2.75) is 57.1 Å². The Labute approximate surface area is 156 Å². The number of nitrogens with zero attached hydrogens (tertiary/aromatic N) is 2. The van der Waals surface area contributed by atoms with Gasteiger partial charge in [-0.2, -0.15) is 18.3 Å². The van der Waals surface area contributed by atoms with Crippen molar-refractivity contribution in [2.75, 3.05) is 6.54 Å². The molecule has 0 aliphatic heterocycles. The van der Waals surface area contributed by atoms with Crippen molar-refractivity contribution in [3.63, 3.8) is 0 Å². The third kappa shape index (κ3) is 4.35. The van der Waals surface area contributed by atoms with Crippen molar-refractivity contribution in [2.24, 2.45) is 0 Å². The maximum absolute atomic E-state index is 12.9. The molecule has 3 rings (SSSR count).